The molecule has 3 aromatic rings. The van der Waals surface area contributed by atoms with Crippen LogP contribution < -0.4 is 5.73 Å². The fraction of sp³-hybridized carbons (Fsp3) is 0.235. The smallest absolute Gasteiger partial charge is 0.140 e. The fourth-order valence-corrected chi connectivity index (χ4v) is 2.77. The predicted molar refractivity (Wildman–Crippen MR) is 81.2 cm³/mol. The molecule has 2 N–H and O–H groups in total. The zero-order valence-corrected chi connectivity index (χ0v) is 11.5. The van der Waals surface area contributed by atoms with E-state index in [1.165, 1.54) is 5.56 Å². The van der Waals surface area contributed by atoms with Gasteiger partial charge in [-0.1, -0.05) is 36.4 Å². The summed E-state index contributed by atoms with van der Waals surface area (Å²) in [4.78, 5) is 4.75. The molecule has 1 saturated carbocycles. The van der Waals surface area contributed by atoms with E-state index in [0.717, 1.165) is 35.3 Å². The average Bonchev–Trinajstić information content (AvgIpc) is 3.15. The van der Waals surface area contributed by atoms with Crippen molar-refractivity contribution in [3.8, 4) is 11.4 Å². The molecule has 0 bridgehead atoms. The summed E-state index contributed by atoms with van der Waals surface area (Å²) in [6.45, 7) is 0. The summed E-state index contributed by atoms with van der Waals surface area (Å²) in [5.74, 6) is 1.000. The molecule has 20 heavy (non-hydrogen) atoms. The summed E-state index contributed by atoms with van der Waals surface area (Å²) >= 11 is 0. The molecule has 1 aliphatic carbocycles. The first-order valence-electron chi connectivity index (χ1n) is 6.99. The van der Waals surface area contributed by atoms with Crippen molar-refractivity contribution in [2.75, 3.05) is 0 Å². The predicted octanol–water partition coefficient (Wildman–Crippen LogP) is 3.19. The van der Waals surface area contributed by atoms with Crippen LogP contribution in [0.5, 0.6) is 0 Å². The van der Waals surface area contributed by atoms with Gasteiger partial charge >= 0.3 is 0 Å². The van der Waals surface area contributed by atoms with Crippen molar-refractivity contribution >= 4 is 11.0 Å². The Morgan fingerprint density at radius 3 is 2.55 bits per heavy atom. The monoisotopic (exact) mass is 263 g/mol. The van der Waals surface area contributed by atoms with E-state index in [-0.39, 0.29) is 5.54 Å². The van der Waals surface area contributed by atoms with Crippen LogP contribution in [0.2, 0.25) is 0 Å². The van der Waals surface area contributed by atoms with Crippen LogP contribution in [0.15, 0.2) is 48.5 Å². The van der Waals surface area contributed by atoms with Crippen LogP contribution in [0.3, 0.4) is 0 Å². The summed E-state index contributed by atoms with van der Waals surface area (Å²) in [6, 6.07) is 16.7. The van der Waals surface area contributed by atoms with Crippen LogP contribution in [-0.2, 0) is 12.6 Å². The second-order valence-corrected chi connectivity index (χ2v) is 5.72. The van der Waals surface area contributed by atoms with Crippen molar-refractivity contribution in [1.29, 1.82) is 0 Å². The molecule has 0 unspecified atom stereocenters. The Bertz CT molecular complexity index is 783. The van der Waals surface area contributed by atoms with Crippen molar-refractivity contribution in [2.24, 2.45) is 12.8 Å². The van der Waals surface area contributed by atoms with Gasteiger partial charge in [0.1, 0.15) is 5.82 Å². The molecule has 0 atom stereocenters. The lowest BCUT2D eigenvalue weighted by molar-refractivity contribution is 0.740. The molecule has 1 aromatic heterocycles. The Labute approximate surface area is 118 Å². The quantitative estimate of drug-likeness (QED) is 0.771. The molecular weight excluding hydrogens is 246 g/mol. The number of hydrogen-bond acceptors (Lipinski definition) is 2. The van der Waals surface area contributed by atoms with Crippen molar-refractivity contribution in [3.05, 3.63) is 54.1 Å². The van der Waals surface area contributed by atoms with Gasteiger partial charge in [0.05, 0.1) is 11.0 Å². The van der Waals surface area contributed by atoms with E-state index in [1.54, 1.807) is 0 Å². The molecule has 0 radical (unpaired) electrons. The lowest BCUT2D eigenvalue weighted by Crippen LogP contribution is -2.18. The molecule has 3 nitrogen and oxygen atoms in total. The number of rotatable bonds is 2. The highest BCUT2D eigenvalue weighted by Gasteiger charge is 2.40. The Morgan fingerprint density at radius 1 is 1.10 bits per heavy atom. The van der Waals surface area contributed by atoms with E-state index in [1.807, 2.05) is 18.2 Å². The molecule has 0 spiro atoms. The third kappa shape index (κ3) is 1.67. The zero-order valence-electron chi connectivity index (χ0n) is 11.5. The highest BCUT2D eigenvalue weighted by atomic mass is 15.1. The maximum atomic E-state index is 6.30. The van der Waals surface area contributed by atoms with Crippen LogP contribution in [0, 0.1) is 0 Å². The van der Waals surface area contributed by atoms with Gasteiger partial charge in [-0.3, -0.25) is 0 Å². The Morgan fingerprint density at radius 2 is 1.85 bits per heavy atom. The number of fused-ring (bicyclic) bond motifs is 1. The first-order valence-corrected chi connectivity index (χ1v) is 6.99. The number of aryl methyl sites for hydroxylation is 1. The fourth-order valence-electron chi connectivity index (χ4n) is 2.77. The zero-order chi connectivity index (χ0) is 13.7. The number of imidazole rings is 1. The largest absolute Gasteiger partial charge is 0.327 e. The van der Waals surface area contributed by atoms with Crippen LogP contribution in [0.1, 0.15) is 18.4 Å². The SMILES string of the molecule is Cn1c(-c2ccccc2)nc2ccc(C3(N)CC3)cc21. The second kappa shape index (κ2) is 3.93. The first kappa shape index (κ1) is 11.7. The van der Waals surface area contributed by atoms with E-state index in [4.69, 9.17) is 10.7 Å². The molecule has 0 saturated heterocycles. The van der Waals surface area contributed by atoms with Crippen molar-refractivity contribution in [1.82, 2.24) is 9.55 Å². The molecule has 100 valence electrons. The summed E-state index contributed by atoms with van der Waals surface area (Å²) in [5.41, 5.74) is 10.8. The van der Waals surface area contributed by atoms with Crippen LogP contribution >= 0.6 is 0 Å². The van der Waals surface area contributed by atoms with Gasteiger partial charge in [-0.15, -0.1) is 0 Å². The minimum Gasteiger partial charge on any atom is -0.327 e. The van der Waals surface area contributed by atoms with E-state index >= 15 is 0 Å². The van der Waals surface area contributed by atoms with Gasteiger partial charge < -0.3 is 10.3 Å². The minimum absolute atomic E-state index is 0.0919. The molecule has 0 amide bonds. The number of hydrogen-bond donors (Lipinski definition) is 1. The van der Waals surface area contributed by atoms with E-state index < -0.39 is 0 Å². The van der Waals surface area contributed by atoms with Crippen molar-refractivity contribution < 1.29 is 0 Å². The van der Waals surface area contributed by atoms with Gasteiger partial charge in [0.15, 0.2) is 0 Å². The molecule has 3 heteroatoms. The number of nitrogens with zero attached hydrogens (tertiary/aromatic N) is 2. The highest BCUT2D eigenvalue weighted by Crippen LogP contribution is 2.43. The van der Waals surface area contributed by atoms with Gasteiger partial charge in [-0.25, -0.2) is 4.98 Å². The third-order valence-corrected chi connectivity index (χ3v) is 4.28. The highest BCUT2D eigenvalue weighted by molar-refractivity contribution is 5.81. The van der Waals surface area contributed by atoms with E-state index in [0.29, 0.717) is 0 Å². The van der Waals surface area contributed by atoms with Gasteiger partial charge in [0.2, 0.25) is 0 Å². The summed E-state index contributed by atoms with van der Waals surface area (Å²) < 4.78 is 2.15. The van der Waals surface area contributed by atoms with E-state index in [2.05, 4.69) is 41.9 Å². The minimum atomic E-state index is -0.0919. The molecule has 1 fully saturated rings. The topological polar surface area (TPSA) is 43.8 Å². The normalized spacial score (nSPS) is 16.5. The van der Waals surface area contributed by atoms with Crippen molar-refractivity contribution in [2.45, 2.75) is 18.4 Å². The standard InChI is InChI=1S/C17H17N3/c1-20-15-11-13(17(18)9-10-17)7-8-14(15)19-16(20)12-5-3-2-4-6-12/h2-8,11H,9-10,18H2,1H3. The lowest BCUT2D eigenvalue weighted by atomic mass is 10.1. The summed E-state index contributed by atoms with van der Waals surface area (Å²) in [6.07, 6.45) is 2.17. The maximum absolute atomic E-state index is 6.30. The van der Waals surface area contributed by atoms with Gasteiger partial charge in [0.25, 0.3) is 0 Å². The molecule has 2 aromatic carbocycles. The first-order chi connectivity index (χ1) is 9.67. The maximum Gasteiger partial charge on any atom is 0.140 e. The number of aromatic nitrogens is 2. The number of benzene rings is 2. The average molecular weight is 263 g/mol. The van der Waals surface area contributed by atoms with Gasteiger partial charge in [0, 0.05) is 18.2 Å². The lowest BCUT2D eigenvalue weighted by Gasteiger charge is -2.09. The van der Waals surface area contributed by atoms with Gasteiger partial charge in [-0.2, -0.15) is 0 Å². The Balaban J connectivity index is 1.91. The van der Waals surface area contributed by atoms with Gasteiger partial charge in [-0.05, 0) is 30.5 Å². The van der Waals surface area contributed by atoms with Crippen LogP contribution in [-0.4, -0.2) is 9.55 Å². The molecule has 1 aliphatic rings. The molecule has 1 heterocycles. The summed E-state index contributed by atoms with van der Waals surface area (Å²) in [5, 5.41) is 0. The van der Waals surface area contributed by atoms with E-state index in [9.17, 15) is 0 Å². The Kier molecular flexibility index (Phi) is 2.30. The third-order valence-electron chi connectivity index (χ3n) is 4.28. The second-order valence-electron chi connectivity index (χ2n) is 5.72. The Hall–Kier alpha value is -2.13. The number of nitrogens with two attached hydrogens (primary N) is 1. The molecule has 0 aliphatic heterocycles. The molecule has 4 rings (SSSR count). The van der Waals surface area contributed by atoms with Crippen LogP contribution in [0.4, 0.5) is 0 Å². The van der Waals surface area contributed by atoms with Crippen LogP contribution in [0.25, 0.3) is 22.4 Å². The van der Waals surface area contributed by atoms with Crippen molar-refractivity contribution in [3.63, 3.8) is 0 Å². The summed E-state index contributed by atoms with van der Waals surface area (Å²) in [7, 11) is 2.07. The molecular formula is C17H17N3.